The van der Waals surface area contributed by atoms with E-state index >= 15 is 0 Å². The van der Waals surface area contributed by atoms with Gasteiger partial charge in [-0.1, -0.05) is 38.5 Å². The number of fused-ring (bicyclic) bond motifs is 1. The van der Waals surface area contributed by atoms with Crippen LogP contribution in [0.2, 0.25) is 0 Å². The van der Waals surface area contributed by atoms with Crippen molar-refractivity contribution in [2.75, 3.05) is 26.0 Å². The highest BCUT2D eigenvalue weighted by molar-refractivity contribution is 5.66. The second-order valence-corrected chi connectivity index (χ2v) is 9.53. The molecule has 15 heteroatoms. The molecule has 42 heavy (non-hydrogen) atoms. The van der Waals surface area contributed by atoms with E-state index in [0.717, 1.165) is 17.3 Å². The van der Waals surface area contributed by atoms with Crippen LogP contribution in [0.15, 0.2) is 29.3 Å². The van der Waals surface area contributed by atoms with Gasteiger partial charge in [0.2, 0.25) is 6.41 Å². The van der Waals surface area contributed by atoms with Crippen LogP contribution in [0, 0.1) is 12.7 Å². The van der Waals surface area contributed by atoms with Gasteiger partial charge >= 0.3 is 12.2 Å². The highest BCUT2D eigenvalue weighted by Gasteiger charge is 2.36. The highest BCUT2D eigenvalue weighted by atomic mass is 19.4. The molecule has 1 aliphatic heterocycles. The summed E-state index contributed by atoms with van der Waals surface area (Å²) in [5.74, 6) is -0.193. The van der Waals surface area contributed by atoms with Gasteiger partial charge in [0.25, 0.3) is 5.56 Å². The number of H-pyrrole nitrogens is 1. The van der Waals surface area contributed by atoms with Gasteiger partial charge in [0, 0.05) is 13.2 Å². The number of nitrogen functional groups attached to an aromatic ring is 1. The minimum absolute atomic E-state index is 0.215. The third-order valence-electron chi connectivity index (χ3n) is 6.23. The number of hydrogen-bond acceptors (Lipinski definition) is 8. The van der Waals surface area contributed by atoms with Gasteiger partial charge in [-0.05, 0) is 36.3 Å². The third kappa shape index (κ3) is 9.12. The molecule has 3 N–H and O–H groups in total. The molecule has 0 saturated heterocycles. The van der Waals surface area contributed by atoms with E-state index in [9.17, 15) is 27.2 Å². The zero-order valence-electron chi connectivity index (χ0n) is 23.3. The van der Waals surface area contributed by atoms with E-state index in [1.165, 1.54) is 54.2 Å². The van der Waals surface area contributed by atoms with Gasteiger partial charge in [-0.2, -0.15) is 27.9 Å². The summed E-state index contributed by atoms with van der Waals surface area (Å²) in [5.41, 5.74) is 3.27. The highest BCUT2D eigenvalue weighted by Crippen LogP contribution is 2.29. The Morgan fingerprint density at radius 1 is 1.12 bits per heavy atom. The van der Waals surface area contributed by atoms with Crippen molar-refractivity contribution < 1.29 is 31.8 Å². The Bertz CT molecular complexity index is 1380. The van der Waals surface area contributed by atoms with Crippen LogP contribution in [0.1, 0.15) is 55.2 Å². The largest absolute Gasteiger partial charge is 0.461 e. The number of anilines is 1. The fourth-order valence-electron chi connectivity index (χ4n) is 4.01. The molecule has 228 valence electrons. The molecular formula is C27H33F4N7O4. The standard InChI is InChI=1S/C16H17FN4O3.C6H12.C5H4F3N3O/c1-11-7-14(17)13(8-12(11)3-4-20(2)9-22)15-18-16-21(19-15)10-23-5-6-24-16;1-2-4-6-5-3-1;6-5(7,8)3-2(9)1-10-11-4(3)12/h3-4,7-9H,5-6,10H2,1-2H3;1-6H2;1H,(H3,9,11,12)/b4-3-;;. The smallest absolute Gasteiger partial charge is 0.423 e. The van der Waals surface area contributed by atoms with E-state index in [2.05, 4.69) is 15.2 Å². The lowest BCUT2D eigenvalue weighted by Gasteiger charge is -2.07. The summed E-state index contributed by atoms with van der Waals surface area (Å²) >= 11 is 0. The number of aromatic nitrogens is 5. The number of benzene rings is 1. The van der Waals surface area contributed by atoms with E-state index in [1.54, 1.807) is 37.4 Å². The Kier molecular flexibility index (Phi) is 11.6. The average Bonchev–Trinajstić information content (AvgIpc) is 3.22. The molecule has 11 nitrogen and oxygen atoms in total. The number of nitrogens with two attached hydrogens (primary N) is 1. The molecule has 1 fully saturated rings. The summed E-state index contributed by atoms with van der Waals surface area (Å²) in [6, 6.07) is 3.37. The molecule has 3 aromatic rings. The van der Waals surface area contributed by atoms with Gasteiger partial charge in [-0.25, -0.2) is 9.49 Å². The maximum Gasteiger partial charge on any atom is 0.423 e. The molecule has 0 atom stereocenters. The summed E-state index contributed by atoms with van der Waals surface area (Å²) < 4.78 is 62.5. The molecule has 0 spiro atoms. The van der Waals surface area contributed by atoms with Gasteiger partial charge in [0.15, 0.2) is 5.82 Å². The fourth-order valence-corrected chi connectivity index (χ4v) is 4.01. The molecule has 0 unspecified atom stereocenters. The number of aryl methyl sites for hydroxylation is 1. The normalized spacial score (nSPS) is 14.8. The summed E-state index contributed by atoms with van der Waals surface area (Å²) in [6.07, 6.45) is 9.02. The molecule has 0 radical (unpaired) electrons. The van der Waals surface area contributed by atoms with E-state index in [-0.39, 0.29) is 18.1 Å². The predicted octanol–water partition coefficient (Wildman–Crippen LogP) is 4.53. The quantitative estimate of drug-likeness (QED) is 0.331. The van der Waals surface area contributed by atoms with Crippen molar-refractivity contribution in [1.29, 1.82) is 0 Å². The second-order valence-electron chi connectivity index (χ2n) is 9.53. The van der Waals surface area contributed by atoms with E-state index in [4.69, 9.17) is 15.2 Å². The van der Waals surface area contributed by atoms with Gasteiger partial charge in [-0.15, -0.1) is 5.10 Å². The summed E-state index contributed by atoms with van der Waals surface area (Å²) in [4.78, 5) is 26.8. The molecule has 1 aromatic carbocycles. The number of nitrogens with zero attached hydrogens (tertiary/aromatic N) is 5. The Hall–Kier alpha value is -4.27. The number of nitrogens with one attached hydrogen (secondary N) is 1. The van der Waals surface area contributed by atoms with Crippen molar-refractivity contribution in [2.24, 2.45) is 0 Å². The average molecular weight is 596 g/mol. The van der Waals surface area contributed by atoms with Crippen LogP contribution in [0.25, 0.3) is 17.5 Å². The zero-order chi connectivity index (χ0) is 30.7. The lowest BCUT2D eigenvalue weighted by Crippen LogP contribution is -2.24. The van der Waals surface area contributed by atoms with Crippen LogP contribution in [0.4, 0.5) is 23.2 Å². The fraction of sp³-hybridized carbons (Fsp3) is 0.444. The van der Waals surface area contributed by atoms with Crippen molar-refractivity contribution in [1.82, 2.24) is 29.9 Å². The molecule has 1 aliphatic carbocycles. The first kappa shape index (κ1) is 32.2. The Morgan fingerprint density at radius 3 is 2.36 bits per heavy atom. The monoisotopic (exact) mass is 595 g/mol. The Labute approximate surface area is 239 Å². The number of ether oxygens (including phenoxy) is 2. The Morgan fingerprint density at radius 2 is 1.79 bits per heavy atom. The second kappa shape index (κ2) is 15.1. The van der Waals surface area contributed by atoms with E-state index < -0.39 is 28.8 Å². The molecule has 1 amide bonds. The van der Waals surface area contributed by atoms with Crippen molar-refractivity contribution >= 4 is 18.2 Å². The maximum absolute atomic E-state index is 14.4. The number of alkyl halides is 3. The van der Waals surface area contributed by atoms with Gasteiger partial charge in [0.1, 0.15) is 24.7 Å². The number of halogens is 4. The number of aromatic amines is 1. The van der Waals surface area contributed by atoms with Crippen LogP contribution in [0.3, 0.4) is 0 Å². The molecule has 2 aliphatic rings. The SMILES string of the molecule is C1CCCCC1.Cc1cc(F)c(-c2nc3n(n2)COCCO3)cc1/C=C\N(C)C=O.Nc1cn[nH]c(=O)c1C(F)(F)F. The molecular weight excluding hydrogens is 562 g/mol. The van der Waals surface area contributed by atoms with Gasteiger partial charge in [-0.3, -0.25) is 9.59 Å². The molecule has 1 saturated carbocycles. The minimum Gasteiger partial charge on any atom is -0.461 e. The van der Waals surface area contributed by atoms with Crippen molar-refractivity contribution in [3.63, 3.8) is 0 Å². The molecule has 0 bridgehead atoms. The number of carbonyl (C=O) groups excluding carboxylic acids is 1. The maximum atomic E-state index is 14.4. The molecule has 3 heterocycles. The first-order chi connectivity index (χ1) is 20.0. The first-order valence-electron chi connectivity index (χ1n) is 13.2. The summed E-state index contributed by atoms with van der Waals surface area (Å²) in [7, 11) is 1.62. The van der Waals surface area contributed by atoms with Crippen molar-refractivity contribution in [3.8, 4) is 17.4 Å². The summed E-state index contributed by atoms with van der Waals surface area (Å²) in [5, 5.41) is 8.99. The van der Waals surface area contributed by atoms with Crippen LogP contribution < -0.4 is 16.0 Å². The van der Waals surface area contributed by atoms with Gasteiger partial charge < -0.3 is 20.1 Å². The Balaban J connectivity index is 0.000000221. The lowest BCUT2D eigenvalue weighted by atomic mass is 10.0. The summed E-state index contributed by atoms with van der Waals surface area (Å²) in [6.45, 7) is 2.84. The number of amides is 1. The van der Waals surface area contributed by atoms with Crippen molar-refractivity contribution in [2.45, 2.75) is 58.4 Å². The first-order valence-corrected chi connectivity index (χ1v) is 13.2. The van der Waals surface area contributed by atoms with Crippen LogP contribution in [-0.4, -0.2) is 56.5 Å². The lowest BCUT2D eigenvalue weighted by molar-refractivity contribution is -0.138. The predicted molar refractivity (Wildman–Crippen MR) is 146 cm³/mol. The molecule has 5 rings (SSSR count). The van der Waals surface area contributed by atoms with Crippen LogP contribution >= 0.6 is 0 Å². The van der Waals surface area contributed by atoms with Crippen molar-refractivity contribution in [3.05, 3.63) is 57.4 Å². The molecule has 2 aromatic heterocycles. The number of rotatable bonds is 4. The van der Waals surface area contributed by atoms with Crippen LogP contribution in [-0.2, 0) is 22.4 Å². The number of hydrogen-bond donors (Lipinski definition) is 2. The third-order valence-corrected chi connectivity index (χ3v) is 6.23. The van der Waals surface area contributed by atoms with Gasteiger partial charge in [0.05, 0.1) is 24.1 Å². The van der Waals surface area contributed by atoms with Crippen LogP contribution in [0.5, 0.6) is 6.01 Å². The topological polar surface area (TPSA) is 141 Å². The zero-order valence-corrected chi connectivity index (χ0v) is 23.3. The number of carbonyl (C=O) groups is 1. The van der Waals surface area contributed by atoms with E-state index in [0.29, 0.717) is 25.6 Å². The minimum atomic E-state index is -4.74. The van der Waals surface area contributed by atoms with E-state index in [1.807, 2.05) is 0 Å².